The summed E-state index contributed by atoms with van der Waals surface area (Å²) in [7, 11) is 0. The van der Waals surface area contributed by atoms with Crippen molar-refractivity contribution >= 4 is 21.8 Å². The van der Waals surface area contributed by atoms with Crippen molar-refractivity contribution in [1.82, 2.24) is 19.5 Å². The lowest BCUT2D eigenvalue weighted by Crippen LogP contribution is -2.03. The average molecular weight is 583 g/mol. The molecule has 2 aromatic heterocycles. The van der Waals surface area contributed by atoms with E-state index in [4.69, 9.17) is 15.0 Å². The van der Waals surface area contributed by atoms with E-state index in [0.29, 0.717) is 34.2 Å². The van der Waals surface area contributed by atoms with Crippen molar-refractivity contribution in [1.29, 1.82) is 0 Å². The average Bonchev–Trinajstić information content (AvgIpc) is 3.42. The van der Waals surface area contributed by atoms with E-state index in [-0.39, 0.29) is 5.82 Å². The van der Waals surface area contributed by atoms with Gasteiger partial charge in [0.05, 0.1) is 11.0 Å². The Morgan fingerprint density at radius 1 is 0.467 bits per heavy atom. The van der Waals surface area contributed by atoms with Crippen LogP contribution in [0.25, 0.3) is 72.8 Å². The zero-order valence-corrected chi connectivity index (χ0v) is 24.5. The summed E-state index contributed by atoms with van der Waals surface area (Å²) in [5.41, 5.74) is 7.98. The third kappa shape index (κ3) is 4.75. The van der Waals surface area contributed by atoms with Crippen molar-refractivity contribution in [2.45, 2.75) is 6.92 Å². The van der Waals surface area contributed by atoms with Crippen molar-refractivity contribution in [3.63, 3.8) is 0 Å². The minimum Gasteiger partial charge on any atom is -0.309 e. The van der Waals surface area contributed by atoms with Gasteiger partial charge in [-0.15, -0.1) is 0 Å². The molecule has 0 fully saturated rings. The van der Waals surface area contributed by atoms with Gasteiger partial charge in [0, 0.05) is 38.7 Å². The van der Waals surface area contributed by atoms with Gasteiger partial charge < -0.3 is 4.57 Å². The number of benzene rings is 6. The Balaban J connectivity index is 1.44. The first-order valence-corrected chi connectivity index (χ1v) is 14.9. The molecule has 45 heavy (non-hydrogen) atoms. The third-order valence-electron chi connectivity index (χ3n) is 8.19. The van der Waals surface area contributed by atoms with E-state index in [0.717, 1.165) is 27.8 Å². The molecule has 5 heteroatoms. The first-order chi connectivity index (χ1) is 22.1. The van der Waals surface area contributed by atoms with Crippen LogP contribution in [0.4, 0.5) is 4.39 Å². The molecule has 0 aliphatic heterocycles. The molecule has 0 atom stereocenters. The maximum absolute atomic E-state index is 15.4. The van der Waals surface area contributed by atoms with Gasteiger partial charge in [-0.1, -0.05) is 115 Å². The van der Waals surface area contributed by atoms with Gasteiger partial charge in [0.25, 0.3) is 0 Å². The molecule has 8 rings (SSSR count). The smallest absolute Gasteiger partial charge is 0.164 e. The van der Waals surface area contributed by atoms with Gasteiger partial charge in [-0.25, -0.2) is 19.3 Å². The summed E-state index contributed by atoms with van der Waals surface area (Å²) in [6.45, 7) is 2.11. The Hall–Kier alpha value is -5.94. The van der Waals surface area contributed by atoms with Crippen LogP contribution in [0.2, 0.25) is 0 Å². The van der Waals surface area contributed by atoms with Gasteiger partial charge in [-0.2, -0.15) is 0 Å². The van der Waals surface area contributed by atoms with E-state index in [9.17, 15) is 0 Å². The second-order valence-corrected chi connectivity index (χ2v) is 11.1. The number of aromatic nitrogens is 4. The van der Waals surface area contributed by atoms with Crippen LogP contribution in [0.3, 0.4) is 0 Å². The van der Waals surface area contributed by atoms with Gasteiger partial charge >= 0.3 is 0 Å². The minimum atomic E-state index is -0.306. The normalized spacial score (nSPS) is 11.3. The highest BCUT2D eigenvalue weighted by molar-refractivity contribution is 6.09. The summed E-state index contributed by atoms with van der Waals surface area (Å²) in [6, 6.07) is 47.7. The predicted molar refractivity (Wildman–Crippen MR) is 181 cm³/mol. The standard InChI is InChI=1S/C40H27FN4/c1-26-20-23-37-33(24-26)32-17-9-11-19-36(32)45(37)29-21-22-30(31-16-8-10-18-35(31)41)34(25-29)40-43-38(27-12-4-2-5-13-27)42-39(44-40)28-14-6-3-7-15-28/h2-25H,1H3. The van der Waals surface area contributed by atoms with Crippen molar-refractivity contribution in [2.24, 2.45) is 0 Å². The zero-order valence-electron chi connectivity index (χ0n) is 24.5. The number of aryl methyl sites for hydroxylation is 1. The Kier molecular flexibility index (Phi) is 6.50. The van der Waals surface area contributed by atoms with Gasteiger partial charge in [0.2, 0.25) is 0 Å². The van der Waals surface area contributed by atoms with E-state index >= 15 is 4.39 Å². The van der Waals surface area contributed by atoms with Crippen molar-refractivity contribution in [3.05, 3.63) is 157 Å². The maximum Gasteiger partial charge on any atom is 0.164 e. The number of nitrogens with zero attached hydrogens (tertiary/aromatic N) is 4. The summed E-state index contributed by atoms with van der Waals surface area (Å²) >= 11 is 0. The maximum atomic E-state index is 15.4. The summed E-state index contributed by atoms with van der Waals surface area (Å²) in [5.74, 6) is 1.27. The van der Waals surface area contributed by atoms with Gasteiger partial charge in [0.15, 0.2) is 17.5 Å². The number of rotatable bonds is 5. The van der Waals surface area contributed by atoms with Gasteiger partial charge in [0.1, 0.15) is 5.82 Å². The molecule has 0 spiro atoms. The Bertz CT molecular complexity index is 2290. The lowest BCUT2D eigenvalue weighted by Gasteiger charge is -2.16. The van der Waals surface area contributed by atoms with Crippen LogP contribution in [0.15, 0.2) is 146 Å². The van der Waals surface area contributed by atoms with Crippen LogP contribution in [-0.2, 0) is 0 Å². The fourth-order valence-electron chi connectivity index (χ4n) is 6.06. The van der Waals surface area contributed by atoms with E-state index < -0.39 is 0 Å². The fraction of sp³-hybridized carbons (Fsp3) is 0.0250. The van der Waals surface area contributed by atoms with E-state index in [1.807, 2.05) is 72.8 Å². The van der Waals surface area contributed by atoms with Crippen molar-refractivity contribution in [3.8, 4) is 51.0 Å². The molecule has 0 N–H and O–H groups in total. The van der Waals surface area contributed by atoms with E-state index in [2.05, 4.69) is 66.1 Å². The molecule has 0 unspecified atom stereocenters. The Labute approximate surface area is 260 Å². The second kappa shape index (κ2) is 11.0. The molecule has 0 bridgehead atoms. The lowest BCUT2D eigenvalue weighted by atomic mass is 9.97. The van der Waals surface area contributed by atoms with Gasteiger partial charge in [-0.05, 0) is 48.9 Å². The summed E-state index contributed by atoms with van der Waals surface area (Å²) < 4.78 is 17.7. The van der Waals surface area contributed by atoms with Crippen molar-refractivity contribution in [2.75, 3.05) is 0 Å². The number of hydrogen-bond donors (Lipinski definition) is 0. The van der Waals surface area contributed by atoms with E-state index in [1.54, 1.807) is 12.1 Å². The first-order valence-electron chi connectivity index (χ1n) is 14.9. The molecule has 214 valence electrons. The predicted octanol–water partition coefficient (Wildman–Crippen LogP) is 10.1. The van der Waals surface area contributed by atoms with E-state index in [1.165, 1.54) is 22.4 Å². The van der Waals surface area contributed by atoms with Crippen LogP contribution in [0.1, 0.15) is 5.56 Å². The lowest BCUT2D eigenvalue weighted by molar-refractivity contribution is 0.631. The molecule has 4 nitrogen and oxygen atoms in total. The topological polar surface area (TPSA) is 43.6 Å². The highest BCUT2D eigenvalue weighted by atomic mass is 19.1. The zero-order chi connectivity index (χ0) is 30.3. The molecule has 0 radical (unpaired) electrons. The summed E-state index contributed by atoms with van der Waals surface area (Å²) in [4.78, 5) is 14.9. The molecule has 0 saturated carbocycles. The summed E-state index contributed by atoms with van der Waals surface area (Å²) in [6.07, 6.45) is 0. The molecule has 0 aliphatic carbocycles. The Morgan fingerprint density at radius 2 is 1.07 bits per heavy atom. The minimum absolute atomic E-state index is 0.306. The molecular weight excluding hydrogens is 555 g/mol. The van der Waals surface area contributed by atoms with Crippen LogP contribution in [0.5, 0.6) is 0 Å². The van der Waals surface area contributed by atoms with Gasteiger partial charge in [-0.3, -0.25) is 0 Å². The van der Waals surface area contributed by atoms with Crippen LogP contribution in [-0.4, -0.2) is 19.5 Å². The molecule has 0 amide bonds. The SMILES string of the molecule is Cc1ccc2c(c1)c1ccccc1n2-c1ccc(-c2ccccc2F)c(-c2nc(-c3ccccc3)nc(-c3ccccc3)n2)c1. The Morgan fingerprint density at radius 3 is 1.78 bits per heavy atom. The molecular formula is C40H27FN4. The molecule has 6 aromatic carbocycles. The number of hydrogen-bond acceptors (Lipinski definition) is 3. The van der Waals surface area contributed by atoms with Crippen LogP contribution < -0.4 is 0 Å². The van der Waals surface area contributed by atoms with Crippen molar-refractivity contribution < 1.29 is 4.39 Å². The number of fused-ring (bicyclic) bond motifs is 3. The monoisotopic (exact) mass is 582 g/mol. The number of halogens is 1. The highest BCUT2D eigenvalue weighted by Crippen LogP contribution is 2.38. The third-order valence-corrected chi connectivity index (χ3v) is 8.19. The second-order valence-electron chi connectivity index (χ2n) is 11.1. The fourth-order valence-corrected chi connectivity index (χ4v) is 6.06. The molecule has 0 saturated heterocycles. The largest absolute Gasteiger partial charge is 0.309 e. The highest BCUT2D eigenvalue weighted by Gasteiger charge is 2.20. The van der Waals surface area contributed by atoms with Crippen LogP contribution in [0, 0.1) is 12.7 Å². The molecule has 0 aliphatic rings. The molecule has 8 aromatic rings. The van der Waals surface area contributed by atoms with Crippen LogP contribution >= 0.6 is 0 Å². The first kappa shape index (κ1) is 26.7. The quantitative estimate of drug-likeness (QED) is 0.203. The number of para-hydroxylation sites is 1. The summed E-state index contributed by atoms with van der Waals surface area (Å²) in [5, 5.41) is 2.36. The molecule has 2 heterocycles.